The summed E-state index contributed by atoms with van der Waals surface area (Å²) in [6, 6.07) is 1.68. The third-order valence-corrected chi connectivity index (χ3v) is 2.63. The normalized spacial score (nSPS) is 9.58. The minimum absolute atomic E-state index is 0.128. The molecule has 0 bridgehead atoms. The number of nitrogens with zero attached hydrogens (tertiary/aromatic N) is 1. The Hall–Kier alpha value is -1.86. The number of rotatable bonds is 6. The molecule has 0 fully saturated rings. The molecule has 0 spiro atoms. The highest BCUT2D eigenvalue weighted by Gasteiger charge is 2.05. The Morgan fingerprint density at radius 3 is 2.95 bits per heavy atom. The maximum Gasteiger partial charge on any atom is 0.252 e. The zero-order chi connectivity index (χ0) is 13.9. The minimum atomic E-state index is -0.201. The summed E-state index contributed by atoms with van der Waals surface area (Å²) < 4.78 is 0. The lowest BCUT2D eigenvalue weighted by molar-refractivity contribution is 0.0952. The van der Waals surface area contributed by atoms with Crippen LogP contribution in [0.1, 0.15) is 48.5 Å². The highest BCUT2D eigenvalue weighted by atomic mass is 16.2. The Kier molecular flexibility index (Phi) is 7.30. The summed E-state index contributed by atoms with van der Waals surface area (Å²) in [4.78, 5) is 15.8. The number of pyridine rings is 1. The zero-order valence-electron chi connectivity index (χ0n) is 11.3. The van der Waals surface area contributed by atoms with Crippen LogP contribution in [0.2, 0.25) is 0 Å². The van der Waals surface area contributed by atoms with Crippen LogP contribution in [0.4, 0.5) is 0 Å². The molecule has 0 aromatic carbocycles. The number of aromatic nitrogens is 1. The van der Waals surface area contributed by atoms with Crippen molar-refractivity contribution in [2.45, 2.75) is 32.6 Å². The highest BCUT2D eigenvalue weighted by molar-refractivity contribution is 5.94. The molecule has 0 aliphatic rings. The van der Waals surface area contributed by atoms with Crippen LogP contribution >= 0.6 is 0 Å². The number of nitrogens with one attached hydrogen (secondary N) is 1. The summed E-state index contributed by atoms with van der Waals surface area (Å²) in [6.07, 6.45) is 7.60. The fourth-order valence-electron chi connectivity index (χ4n) is 1.63. The van der Waals surface area contributed by atoms with Crippen molar-refractivity contribution in [1.82, 2.24) is 10.3 Å². The second-order valence-electron chi connectivity index (χ2n) is 4.24. The van der Waals surface area contributed by atoms with Gasteiger partial charge in [0.25, 0.3) is 5.91 Å². The van der Waals surface area contributed by atoms with E-state index in [-0.39, 0.29) is 12.5 Å². The number of amides is 1. The minimum Gasteiger partial charge on any atom is -0.384 e. The quantitative estimate of drug-likeness (QED) is 0.605. The van der Waals surface area contributed by atoms with Gasteiger partial charge in [0.05, 0.1) is 5.56 Å². The van der Waals surface area contributed by atoms with Gasteiger partial charge in [-0.3, -0.25) is 9.78 Å². The van der Waals surface area contributed by atoms with E-state index in [2.05, 4.69) is 29.1 Å². The van der Waals surface area contributed by atoms with Crippen molar-refractivity contribution >= 4 is 5.91 Å². The Balaban J connectivity index is 2.48. The van der Waals surface area contributed by atoms with Gasteiger partial charge >= 0.3 is 0 Å². The molecule has 4 nitrogen and oxygen atoms in total. The van der Waals surface area contributed by atoms with Crippen LogP contribution in [0.3, 0.4) is 0 Å². The fourth-order valence-corrected chi connectivity index (χ4v) is 1.63. The monoisotopic (exact) mass is 260 g/mol. The smallest absolute Gasteiger partial charge is 0.252 e. The lowest BCUT2D eigenvalue weighted by Crippen LogP contribution is -2.24. The summed E-state index contributed by atoms with van der Waals surface area (Å²) in [5, 5.41) is 11.5. The van der Waals surface area contributed by atoms with Crippen LogP contribution in [0.25, 0.3) is 0 Å². The molecule has 19 heavy (non-hydrogen) atoms. The van der Waals surface area contributed by atoms with Crippen LogP contribution in [-0.4, -0.2) is 29.1 Å². The van der Waals surface area contributed by atoms with E-state index in [4.69, 9.17) is 5.11 Å². The summed E-state index contributed by atoms with van der Waals surface area (Å²) in [5.74, 6) is 5.13. The number of aliphatic hydroxyl groups excluding tert-OH is 1. The van der Waals surface area contributed by atoms with E-state index in [1.807, 2.05) is 0 Å². The average Bonchev–Trinajstić information content (AvgIpc) is 2.45. The topological polar surface area (TPSA) is 62.2 Å². The Morgan fingerprint density at radius 1 is 1.37 bits per heavy atom. The molecular weight excluding hydrogens is 240 g/mol. The molecule has 0 saturated carbocycles. The summed E-state index contributed by atoms with van der Waals surface area (Å²) >= 11 is 0. The number of aliphatic hydroxyl groups is 1. The van der Waals surface area contributed by atoms with Gasteiger partial charge in [0.1, 0.15) is 6.61 Å². The first-order valence-electron chi connectivity index (χ1n) is 6.61. The molecule has 1 rings (SSSR count). The van der Waals surface area contributed by atoms with Gasteiger partial charge in [0, 0.05) is 24.5 Å². The van der Waals surface area contributed by atoms with Crippen molar-refractivity contribution in [2.75, 3.05) is 13.2 Å². The van der Waals surface area contributed by atoms with Crippen LogP contribution in [0.15, 0.2) is 18.5 Å². The molecule has 1 amide bonds. The maximum absolute atomic E-state index is 11.9. The van der Waals surface area contributed by atoms with Crippen LogP contribution in [-0.2, 0) is 0 Å². The maximum atomic E-state index is 11.9. The van der Waals surface area contributed by atoms with Gasteiger partial charge in [-0.25, -0.2) is 0 Å². The number of hydrogen-bond acceptors (Lipinski definition) is 3. The van der Waals surface area contributed by atoms with Gasteiger partial charge in [-0.2, -0.15) is 0 Å². The molecule has 0 radical (unpaired) electrons. The van der Waals surface area contributed by atoms with E-state index in [9.17, 15) is 4.79 Å². The van der Waals surface area contributed by atoms with Crippen molar-refractivity contribution in [3.05, 3.63) is 29.6 Å². The third kappa shape index (κ3) is 6.03. The van der Waals surface area contributed by atoms with Crippen molar-refractivity contribution < 1.29 is 9.90 Å². The Labute approximate surface area is 114 Å². The standard InChI is InChI=1S/C15H20N2O2/c1-2-3-4-5-8-17-15(19)14-10-13(7-6-9-18)11-16-12-14/h10-12,18H,2-5,8-9H2,1H3,(H,17,19). The molecule has 0 atom stereocenters. The molecule has 0 unspecified atom stereocenters. The second kappa shape index (κ2) is 9.12. The Morgan fingerprint density at radius 2 is 2.21 bits per heavy atom. The predicted molar refractivity (Wildman–Crippen MR) is 74.7 cm³/mol. The summed E-state index contributed by atoms with van der Waals surface area (Å²) in [7, 11) is 0. The van der Waals surface area contributed by atoms with Crippen molar-refractivity contribution in [1.29, 1.82) is 0 Å². The molecule has 1 aromatic rings. The van der Waals surface area contributed by atoms with E-state index < -0.39 is 0 Å². The summed E-state index contributed by atoms with van der Waals surface area (Å²) in [5.41, 5.74) is 1.13. The molecule has 2 N–H and O–H groups in total. The Bertz CT molecular complexity index is 461. The van der Waals surface area contributed by atoms with E-state index in [0.717, 1.165) is 12.8 Å². The van der Waals surface area contributed by atoms with Crippen LogP contribution < -0.4 is 5.32 Å². The van der Waals surface area contributed by atoms with Gasteiger partial charge in [0.15, 0.2) is 0 Å². The largest absolute Gasteiger partial charge is 0.384 e. The van der Waals surface area contributed by atoms with Gasteiger partial charge in [-0.1, -0.05) is 38.0 Å². The second-order valence-corrected chi connectivity index (χ2v) is 4.24. The first-order valence-corrected chi connectivity index (χ1v) is 6.61. The van der Waals surface area contributed by atoms with Gasteiger partial charge < -0.3 is 10.4 Å². The van der Waals surface area contributed by atoms with E-state index in [1.165, 1.54) is 19.0 Å². The van der Waals surface area contributed by atoms with Crippen LogP contribution in [0.5, 0.6) is 0 Å². The van der Waals surface area contributed by atoms with E-state index >= 15 is 0 Å². The van der Waals surface area contributed by atoms with Crippen molar-refractivity contribution in [3.63, 3.8) is 0 Å². The van der Waals surface area contributed by atoms with Crippen molar-refractivity contribution in [3.8, 4) is 11.8 Å². The molecule has 0 aliphatic heterocycles. The third-order valence-electron chi connectivity index (χ3n) is 2.63. The molecule has 0 aliphatic carbocycles. The van der Waals surface area contributed by atoms with E-state index in [0.29, 0.717) is 17.7 Å². The SMILES string of the molecule is CCCCCCNC(=O)c1cncc(C#CCO)c1. The molecule has 1 heterocycles. The number of carbonyl (C=O) groups is 1. The predicted octanol–water partition coefficient (Wildman–Crippen LogP) is 1.74. The molecular formula is C15H20N2O2. The van der Waals surface area contributed by atoms with Gasteiger partial charge in [-0.05, 0) is 12.5 Å². The lowest BCUT2D eigenvalue weighted by atomic mass is 10.2. The molecule has 0 saturated heterocycles. The average molecular weight is 260 g/mol. The van der Waals surface area contributed by atoms with Gasteiger partial charge in [0.2, 0.25) is 0 Å². The number of unbranched alkanes of at least 4 members (excludes halogenated alkanes) is 3. The van der Waals surface area contributed by atoms with Crippen molar-refractivity contribution in [2.24, 2.45) is 0 Å². The van der Waals surface area contributed by atoms with Crippen LogP contribution in [0, 0.1) is 11.8 Å². The van der Waals surface area contributed by atoms with Gasteiger partial charge in [-0.15, -0.1) is 0 Å². The van der Waals surface area contributed by atoms with E-state index in [1.54, 1.807) is 12.3 Å². The first-order chi connectivity index (χ1) is 9.27. The summed E-state index contributed by atoms with van der Waals surface area (Å²) in [6.45, 7) is 2.64. The fraction of sp³-hybridized carbons (Fsp3) is 0.467. The molecule has 102 valence electrons. The number of carbonyl (C=O) groups excluding carboxylic acids is 1. The number of hydrogen-bond donors (Lipinski definition) is 2. The lowest BCUT2D eigenvalue weighted by Gasteiger charge is -2.04. The first kappa shape index (κ1) is 15.2. The molecule has 1 aromatic heterocycles. The highest BCUT2D eigenvalue weighted by Crippen LogP contribution is 2.02. The molecule has 4 heteroatoms. The zero-order valence-corrected chi connectivity index (χ0v) is 11.3.